The van der Waals surface area contributed by atoms with Gasteiger partial charge in [0, 0.05) is 0 Å². The average Bonchev–Trinajstić information content (AvgIpc) is 2.71. The highest BCUT2D eigenvalue weighted by Crippen LogP contribution is 2.36. The highest BCUT2D eigenvalue weighted by Gasteiger charge is 2.46. The number of methoxy groups -OCH3 is 2. The Hall–Kier alpha value is -2.40. The van der Waals surface area contributed by atoms with Crippen LogP contribution in [0.15, 0.2) is 60.7 Å². The molecule has 0 heterocycles. The molecule has 144 valence electrons. The molecule has 0 amide bonds. The molecule has 0 N–H and O–H groups in total. The second-order valence-corrected chi connectivity index (χ2v) is 12.0. The van der Waals surface area contributed by atoms with Crippen LogP contribution in [0.3, 0.4) is 0 Å². The van der Waals surface area contributed by atoms with Crippen LogP contribution in [-0.4, -0.2) is 34.2 Å². The van der Waals surface area contributed by atoms with Crippen molar-refractivity contribution in [3.05, 3.63) is 66.2 Å². The van der Waals surface area contributed by atoms with Crippen molar-refractivity contribution in [2.75, 3.05) is 14.2 Å². The number of aryl methyl sites for hydroxylation is 1. The van der Waals surface area contributed by atoms with Gasteiger partial charge in [-0.2, -0.15) is 0 Å². The van der Waals surface area contributed by atoms with E-state index in [0.29, 0.717) is 6.42 Å². The van der Waals surface area contributed by atoms with E-state index in [2.05, 4.69) is 37.4 Å². The highest BCUT2D eigenvalue weighted by atomic mass is 28.3. The van der Waals surface area contributed by atoms with Crippen molar-refractivity contribution < 1.29 is 19.1 Å². The van der Waals surface area contributed by atoms with Crippen LogP contribution in [-0.2, 0) is 25.5 Å². The third-order valence-corrected chi connectivity index (χ3v) is 9.64. The quantitative estimate of drug-likeness (QED) is 0.397. The molecule has 1 atom stereocenters. The van der Waals surface area contributed by atoms with Gasteiger partial charge in [-0.1, -0.05) is 78.9 Å². The van der Waals surface area contributed by atoms with Gasteiger partial charge in [0.25, 0.3) is 0 Å². The Morgan fingerprint density at radius 3 is 1.81 bits per heavy atom. The summed E-state index contributed by atoms with van der Waals surface area (Å²) in [5.41, 5.74) is 1.05. The number of rotatable bonds is 8. The second kappa shape index (κ2) is 9.51. The lowest BCUT2D eigenvalue weighted by Gasteiger charge is -2.36. The number of ether oxygens (including phenoxy) is 2. The monoisotopic (exact) mass is 384 g/mol. The van der Waals surface area contributed by atoms with Gasteiger partial charge in [0.05, 0.1) is 22.3 Å². The number of benzene rings is 2. The third-order valence-electron chi connectivity index (χ3n) is 5.34. The summed E-state index contributed by atoms with van der Waals surface area (Å²) in [5, 5.41) is 1.21. The maximum atomic E-state index is 12.5. The zero-order valence-electron chi connectivity index (χ0n) is 16.5. The van der Waals surface area contributed by atoms with Crippen LogP contribution >= 0.6 is 0 Å². The van der Waals surface area contributed by atoms with E-state index in [9.17, 15) is 9.59 Å². The fourth-order valence-electron chi connectivity index (χ4n) is 3.67. The highest BCUT2D eigenvalue weighted by molar-refractivity contribution is 6.91. The van der Waals surface area contributed by atoms with Crippen molar-refractivity contribution in [2.24, 2.45) is 5.92 Å². The Kier molecular flexibility index (Phi) is 7.36. The molecule has 2 rings (SSSR count). The van der Waals surface area contributed by atoms with Crippen LogP contribution < -0.4 is 5.19 Å². The van der Waals surface area contributed by atoms with Crippen LogP contribution in [0.2, 0.25) is 18.6 Å². The summed E-state index contributed by atoms with van der Waals surface area (Å²) in [6.45, 7) is 4.41. The molecule has 0 aliphatic heterocycles. The van der Waals surface area contributed by atoms with E-state index in [1.165, 1.54) is 25.0 Å². The van der Waals surface area contributed by atoms with E-state index in [0.717, 1.165) is 6.42 Å². The summed E-state index contributed by atoms with van der Waals surface area (Å²) in [7, 11) is 0.460. The summed E-state index contributed by atoms with van der Waals surface area (Å²) in [4.78, 5) is 25.1. The molecule has 2 aromatic rings. The lowest BCUT2D eigenvalue weighted by atomic mass is 9.98. The van der Waals surface area contributed by atoms with Crippen molar-refractivity contribution in [1.29, 1.82) is 0 Å². The maximum Gasteiger partial charge on any atom is 0.320 e. The largest absolute Gasteiger partial charge is 0.468 e. The van der Waals surface area contributed by atoms with Crippen molar-refractivity contribution in [1.82, 2.24) is 0 Å². The Morgan fingerprint density at radius 2 is 1.33 bits per heavy atom. The maximum absolute atomic E-state index is 12.5. The standard InChI is InChI=1S/C22H28O4Si/c1-25-21(23)20(22(24)26-2)19(16-15-17-11-7-5-8-12-17)27(3,4)18-13-9-6-10-14-18/h5-14,19-20H,15-16H2,1-4H3. The molecule has 0 aliphatic carbocycles. The summed E-state index contributed by atoms with van der Waals surface area (Å²) in [5.74, 6) is -1.95. The fraction of sp³-hybridized carbons (Fsp3) is 0.364. The van der Waals surface area contributed by atoms with Gasteiger partial charge in [-0.25, -0.2) is 0 Å². The first kappa shape index (κ1) is 20.9. The van der Waals surface area contributed by atoms with Crippen molar-refractivity contribution >= 4 is 25.2 Å². The topological polar surface area (TPSA) is 52.6 Å². The number of carbonyl (C=O) groups is 2. The minimum Gasteiger partial charge on any atom is -0.468 e. The summed E-state index contributed by atoms with van der Waals surface area (Å²) >= 11 is 0. The minimum absolute atomic E-state index is 0.139. The van der Waals surface area contributed by atoms with Gasteiger partial charge in [0.2, 0.25) is 0 Å². The molecule has 0 bridgehead atoms. The Morgan fingerprint density at radius 1 is 0.852 bits per heavy atom. The van der Waals surface area contributed by atoms with Gasteiger partial charge in [-0.3, -0.25) is 9.59 Å². The normalized spacial score (nSPS) is 12.5. The molecule has 0 aliphatic rings. The number of carbonyl (C=O) groups excluding carboxylic acids is 2. The molecule has 0 saturated carbocycles. The molecule has 0 aromatic heterocycles. The van der Waals surface area contributed by atoms with Crippen LogP contribution in [0.4, 0.5) is 0 Å². The fourth-order valence-corrected chi connectivity index (χ4v) is 7.12. The van der Waals surface area contributed by atoms with Crippen molar-refractivity contribution in [2.45, 2.75) is 31.5 Å². The van der Waals surface area contributed by atoms with E-state index in [1.54, 1.807) is 0 Å². The van der Waals surface area contributed by atoms with E-state index < -0.39 is 25.9 Å². The molecule has 0 fully saturated rings. The minimum atomic E-state index is -2.19. The average molecular weight is 385 g/mol. The van der Waals surface area contributed by atoms with Gasteiger partial charge in [-0.05, 0) is 23.9 Å². The second-order valence-electron chi connectivity index (χ2n) is 7.24. The van der Waals surface area contributed by atoms with Gasteiger partial charge in [0.15, 0.2) is 5.92 Å². The molecule has 4 nitrogen and oxygen atoms in total. The third kappa shape index (κ3) is 5.07. The van der Waals surface area contributed by atoms with E-state index in [-0.39, 0.29) is 5.54 Å². The van der Waals surface area contributed by atoms with Crippen LogP contribution in [0, 0.1) is 5.92 Å². The van der Waals surface area contributed by atoms with Crippen LogP contribution in [0.25, 0.3) is 0 Å². The lowest BCUT2D eigenvalue weighted by Crippen LogP contribution is -2.52. The zero-order chi connectivity index (χ0) is 19.9. The first-order valence-electron chi connectivity index (χ1n) is 9.17. The van der Waals surface area contributed by atoms with E-state index in [4.69, 9.17) is 9.47 Å². The molecule has 0 spiro atoms. The van der Waals surface area contributed by atoms with Crippen LogP contribution in [0.1, 0.15) is 12.0 Å². The molecule has 1 unspecified atom stereocenters. The van der Waals surface area contributed by atoms with Crippen molar-refractivity contribution in [3.8, 4) is 0 Å². The summed E-state index contributed by atoms with van der Waals surface area (Å²) < 4.78 is 9.96. The Balaban J connectivity index is 2.42. The van der Waals surface area contributed by atoms with Gasteiger partial charge in [0.1, 0.15) is 0 Å². The van der Waals surface area contributed by atoms with Crippen molar-refractivity contribution in [3.63, 3.8) is 0 Å². The van der Waals surface area contributed by atoms with Gasteiger partial charge >= 0.3 is 11.9 Å². The van der Waals surface area contributed by atoms with Gasteiger partial charge in [-0.15, -0.1) is 0 Å². The first-order valence-corrected chi connectivity index (χ1v) is 12.2. The molecule has 0 radical (unpaired) electrons. The zero-order valence-corrected chi connectivity index (χ0v) is 17.5. The summed E-state index contributed by atoms with van der Waals surface area (Å²) in [6.07, 6.45) is 1.51. The predicted molar refractivity (Wildman–Crippen MR) is 110 cm³/mol. The number of hydrogen-bond donors (Lipinski definition) is 0. The molecule has 27 heavy (non-hydrogen) atoms. The van der Waals surface area contributed by atoms with Crippen LogP contribution in [0.5, 0.6) is 0 Å². The number of hydrogen-bond acceptors (Lipinski definition) is 4. The molecular formula is C22H28O4Si. The molecule has 2 aromatic carbocycles. The number of esters is 2. The Labute approximate surface area is 162 Å². The molecule has 0 saturated heterocycles. The smallest absolute Gasteiger partial charge is 0.320 e. The lowest BCUT2D eigenvalue weighted by molar-refractivity contribution is -0.159. The molecular weight excluding hydrogens is 356 g/mol. The van der Waals surface area contributed by atoms with E-state index >= 15 is 0 Å². The summed E-state index contributed by atoms with van der Waals surface area (Å²) in [6, 6.07) is 20.3. The SMILES string of the molecule is COC(=O)C(C(=O)OC)C(CCc1ccccc1)[Si](C)(C)c1ccccc1. The first-order chi connectivity index (χ1) is 12.9. The van der Waals surface area contributed by atoms with Gasteiger partial charge < -0.3 is 9.47 Å². The Bertz CT molecular complexity index is 727. The van der Waals surface area contributed by atoms with E-state index in [1.807, 2.05) is 36.4 Å². The predicted octanol–water partition coefficient (Wildman–Crippen LogP) is 3.57. The molecule has 5 heteroatoms.